The van der Waals surface area contributed by atoms with Crippen LogP contribution in [0.4, 0.5) is 4.79 Å². The highest BCUT2D eigenvalue weighted by atomic mass is 35.5. The van der Waals surface area contributed by atoms with Crippen molar-refractivity contribution in [3.63, 3.8) is 0 Å². The standard InChI is InChI=1S/C26H20Cl2N4O2/c1-16-22(25-30-24(31-34-25)19-8-5-9-21(28)14-19)23(18-6-3-2-4-7-18)29-26(33)32(16)15-17-10-12-20(27)13-11-17/h2-14,23H,15H2,1H3,(H,29,33). The van der Waals surface area contributed by atoms with E-state index in [4.69, 9.17) is 27.7 Å². The minimum Gasteiger partial charge on any atom is -0.334 e. The molecule has 5 rings (SSSR count). The van der Waals surface area contributed by atoms with E-state index in [9.17, 15) is 4.79 Å². The van der Waals surface area contributed by atoms with Crippen molar-refractivity contribution in [3.05, 3.63) is 112 Å². The van der Waals surface area contributed by atoms with E-state index >= 15 is 0 Å². The van der Waals surface area contributed by atoms with Crippen LogP contribution in [0.2, 0.25) is 10.0 Å². The van der Waals surface area contributed by atoms with Crippen LogP contribution in [0.15, 0.2) is 89.1 Å². The van der Waals surface area contributed by atoms with Gasteiger partial charge in [-0.2, -0.15) is 4.98 Å². The number of amides is 2. The number of hydrogen-bond donors (Lipinski definition) is 1. The summed E-state index contributed by atoms with van der Waals surface area (Å²) in [5, 5.41) is 8.51. The minimum absolute atomic E-state index is 0.209. The third-order valence-corrected chi connectivity index (χ3v) is 6.21. The Morgan fingerprint density at radius 3 is 2.47 bits per heavy atom. The highest BCUT2D eigenvalue weighted by Gasteiger charge is 2.35. The first kappa shape index (κ1) is 22.2. The molecular formula is C26H20Cl2N4O2. The topological polar surface area (TPSA) is 71.3 Å². The van der Waals surface area contributed by atoms with Gasteiger partial charge in [0.2, 0.25) is 5.82 Å². The molecule has 0 saturated heterocycles. The van der Waals surface area contributed by atoms with Crippen LogP contribution in [0.1, 0.15) is 30.0 Å². The Kier molecular flexibility index (Phi) is 6.09. The third kappa shape index (κ3) is 4.42. The molecule has 170 valence electrons. The summed E-state index contributed by atoms with van der Waals surface area (Å²) in [7, 11) is 0. The second-order valence-electron chi connectivity index (χ2n) is 7.94. The Bertz CT molecular complexity index is 1370. The van der Waals surface area contributed by atoms with Gasteiger partial charge in [-0.25, -0.2) is 4.79 Å². The summed E-state index contributed by atoms with van der Waals surface area (Å²) in [5.74, 6) is 0.758. The molecule has 3 aromatic carbocycles. The lowest BCUT2D eigenvalue weighted by molar-refractivity contribution is 0.203. The average Bonchev–Trinajstić information content (AvgIpc) is 3.33. The molecule has 1 aromatic heterocycles. The summed E-state index contributed by atoms with van der Waals surface area (Å²) in [4.78, 5) is 19.5. The van der Waals surface area contributed by atoms with E-state index in [1.165, 1.54) is 0 Å². The number of rotatable bonds is 5. The van der Waals surface area contributed by atoms with Crippen LogP contribution < -0.4 is 5.32 Å². The van der Waals surface area contributed by atoms with Crippen molar-refractivity contribution >= 4 is 34.8 Å². The number of nitrogens with zero attached hydrogens (tertiary/aromatic N) is 3. The van der Waals surface area contributed by atoms with Gasteiger partial charge in [0.15, 0.2) is 0 Å². The summed E-state index contributed by atoms with van der Waals surface area (Å²) in [5.41, 5.74) is 4.07. The van der Waals surface area contributed by atoms with Crippen LogP contribution in [0.25, 0.3) is 17.0 Å². The Balaban J connectivity index is 1.59. The Morgan fingerprint density at radius 1 is 0.971 bits per heavy atom. The molecule has 0 fully saturated rings. The van der Waals surface area contributed by atoms with Gasteiger partial charge < -0.3 is 9.84 Å². The fraction of sp³-hybridized carbons (Fsp3) is 0.115. The third-order valence-electron chi connectivity index (χ3n) is 5.72. The summed E-state index contributed by atoms with van der Waals surface area (Å²) in [6, 6.07) is 23.7. The molecule has 0 bridgehead atoms. The summed E-state index contributed by atoms with van der Waals surface area (Å²) < 4.78 is 5.71. The summed E-state index contributed by atoms with van der Waals surface area (Å²) in [6.45, 7) is 2.26. The zero-order chi connectivity index (χ0) is 23.7. The van der Waals surface area contributed by atoms with Gasteiger partial charge in [0.25, 0.3) is 5.89 Å². The lowest BCUT2D eigenvalue weighted by Crippen LogP contribution is -2.45. The molecule has 1 aliphatic heterocycles. The van der Waals surface area contributed by atoms with Crippen molar-refractivity contribution in [2.24, 2.45) is 0 Å². The van der Waals surface area contributed by atoms with Gasteiger partial charge in [0.05, 0.1) is 18.2 Å². The van der Waals surface area contributed by atoms with Gasteiger partial charge in [-0.15, -0.1) is 0 Å². The Morgan fingerprint density at radius 2 is 1.74 bits per heavy atom. The first-order valence-corrected chi connectivity index (χ1v) is 11.4. The van der Waals surface area contributed by atoms with E-state index in [1.54, 1.807) is 29.2 Å². The predicted octanol–water partition coefficient (Wildman–Crippen LogP) is 6.74. The van der Waals surface area contributed by atoms with E-state index in [0.717, 1.165) is 28.0 Å². The number of hydrogen-bond acceptors (Lipinski definition) is 4. The van der Waals surface area contributed by atoms with Crippen LogP contribution in [0.5, 0.6) is 0 Å². The lowest BCUT2D eigenvalue weighted by atomic mass is 9.94. The van der Waals surface area contributed by atoms with Crippen molar-refractivity contribution < 1.29 is 9.32 Å². The molecule has 0 spiro atoms. The molecule has 34 heavy (non-hydrogen) atoms. The molecular weight excluding hydrogens is 471 g/mol. The van der Waals surface area contributed by atoms with Crippen LogP contribution >= 0.6 is 23.2 Å². The number of nitrogens with one attached hydrogen (secondary N) is 1. The second kappa shape index (κ2) is 9.33. The second-order valence-corrected chi connectivity index (χ2v) is 8.81. The molecule has 8 heteroatoms. The number of carbonyl (C=O) groups is 1. The molecule has 1 N–H and O–H groups in total. The van der Waals surface area contributed by atoms with Crippen LogP contribution in [-0.4, -0.2) is 21.1 Å². The minimum atomic E-state index is -0.442. The van der Waals surface area contributed by atoms with E-state index in [0.29, 0.717) is 28.3 Å². The van der Waals surface area contributed by atoms with Crippen LogP contribution in [0.3, 0.4) is 0 Å². The first-order valence-electron chi connectivity index (χ1n) is 10.7. The van der Waals surface area contributed by atoms with E-state index in [1.807, 2.05) is 61.5 Å². The van der Waals surface area contributed by atoms with Gasteiger partial charge >= 0.3 is 6.03 Å². The highest BCUT2D eigenvalue weighted by Crippen LogP contribution is 2.38. The van der Waals surface area contributed by atoms with Crippen LogP contribution in [0, 0.1) is 0 Å². The van der Waals surface area contributed by atoms with Crippen molar-refractivity contribution in [1.29, 1.82) is 0 Å². The van der Waals surface area contributed by atoms with Gasteiger partial charge in [-0.05, 0) is 42.3 Å². The van der Waals surface area contributed by atoms with Gasteiger partial charge in [0.1, 0.15) is 0 Å². The molecule has 0 saturated carbocycles. The number of halogens is 2. The molecule has 2 amide bonds. The number of carbonyl (C=O) groups excluding carboxylic acids is 1. The van der Waals surface area contributed by atoms with Crippen molar-refractivity contribution in [1.82, 2.24) is 20.4 Å². The average molecular weight is 491 g/mol. The molecule has 0 radical (unpaired) electrons. The number of benzene rings is 3. The Hall–Kier alpha value is -3.61. The zero-order valence-corrected chi connectivity index (χ0v) is 19.7. The molecule has 6 nitrogen and oxygen atoms in total. The number of aromatic nitrogens is 2. The number of allylic oxidation sites excluding steroid dienone is 1. The number of urea groups is 1. The largest absolute Gasteiger partial charge is 0.334 e. The maximum Gasteiger partial charge on any atom is 0.322 e. The smallest absolute Gasteiger partial charge is 0.322 e. The predicted molar refractivity (Wildman–Crippen MR) is 132 cm³/mol. The summed E-state index contributed by atoms with van der Waals surface area (Å²) in [6.07, 6.45) is 0. The van der Waals surface area contributed by atoms with Gasteiger partial charge in [0, 0.05) is 21.3 Å². The van der Waals surface area contributed by atoms with Crippen LogP contribution in [-0.2, 0) is 6.54 Å². The van der Waals surface area contributed by atoms with Crippen molar-refractivity contribution in [3.8, 4) is 11.4 Å². The molecule has 2 heterocycles. The SMILES string of the molecule is CC1=C(c2nc(-c3cccc(Cl)c3)no2)C(c2ccccc2)NC(=O)N1Cc1ccc(Cl)cc1. The van der Waals surface area contributed by atoms with Gasteiger partial charge in [-0.3, -0.25) is 4.90 Å². The summed E-state index contributed by atoms with van der Waals surface area (Å²) >= 11 is 12.2. The fourth-order valence-electron chi connectivity index (χ4n) is 3.99. The highest BCUT2D eigenvalue weighted by molar-refractivity contribution is 6.31. The van der Waals surface area contributed by atoms with E-state index in [-0.39, 0.29) is 6.03 Å². The normalized spacial score (nSPS) is 16.0. The maximum atomic E-state index is 13.2. The Labute approximate surface area is 206 Å². The quantitative estimate of drug-likeness (QED) is 0.336. The molecule has 1 aliphatic rings. The van der Waals surface area contributed by atoms with E-state index in [2.05, 4.69) is 15.5 Å². The van der Waals surface area contributed by atoms with Crippen molar-refractivity contribution in [2.75, 3.05) is 0 Å². The monoisotopic (exact) mass is 490 g/mol. The fourth-order valence-corrected chi connectivity index (χ4v) is 4.31. The zero-order valence-electron chi connectivity index (χ0n) is 18.2. The van der Waals surface area contributed by atoms with Crippen molar-refractivity contribution in [2.45, 2.75) is 19.5 Å². The maximum absolute atomic E-state index is 13.2. The molecule has 0 aliphatic carbocycles. The van der Waals surface area contributed by atoms with Gasteiger partial charge in [-0.1, -0.05) is 83.0 Å². The lowest BCUT2D eigenvalue weighted by Gasteiger charge is -2.35. The molecule has 4 aromatic rings. The molecule has 1 atom stereocenters. The van der Waals surface area contributed by atoms with E-state index < -0.39 is 6.04 Å². The first-order chi connectivity index (χ1) is 16.5. The molecule has 1 unspecified atom stereocenters.